The van der Waals surface area contributed by atoms with Gasteiger partial charge >= 0.3 is 6.03 Å². The van der Waals surface area contributed by atoms with Crippen molar-refractivity contribution in [1.29, 1.82) is 5.26 Å². The van der Waals surface area contributed by atoms with Crippen molar-refractivity contribution in [3.05, 3.63) is 64.6 Å². The minimum atomic E-state index is -1.08. The highest BCUT2D eigenvalue weighted by atomic mass is 35.5. The molecule has 8 nitrogen and oxygen atoms in total. The van der Waals surface area contributed by atoms with Crippen LogP contribution in [0, 0.1) is 28.8 Å². The van der Waals surface area contributed by atoms with E-state index in [0.29, 0.717) is 19.6 Å². The molecule has 0 atom stereocenters. The van der Waals surface area contributed by atoms with Gasteiger partial charge in [-0.15, -0.1) is 0 Å². The molecular weight excluding hydrogens is 509 g/mol. The average Bonchev–Trinajstić information content (AvgIpc) is 2.96. The Hall–Kier alpha value is -3.85. The Bertz CT molecular complexity index is 1370. The number of aliphatic hydroxyl groups is 1. The lowest BCUT2D eigenvalue weighted by Crippen LogP contribution is -2.41. The fraction of sp³-hybridized carbons (Fsp3) is 0.240. The van der Waals surface area contributed by atoms with Gasteiger partial charge in [0.05, 0.1) is 28.9 Å². The standard InChI is InChI=1S/C25H22ClF3N6O2/c1-2-34-24-17(9-15(26)13-33-24)22-18(27)7-14(12-30)8-21(22)35(25(34)37)23-19(28)10-16(11-20(23)29)32-4-3-31-5-6-36/h7-11,13,31-32,36H,2-6H2,1H3. The van der Waals surface area contributed by atoms with Crippen LogP contribution in [0.15, 0.2) is 36.5 Å². The Morgan fingerprint density at radius 2 is 1.81 bits per heavy atom. The number of urea groups is 1. The first kappa shape index (κ1) is 26.2. The molecule has 2 heterocycles. The molecule has 1 aliphatic heterocycles. The first-order chi connectivity index (χ1) is 17.8. The predicted octanol–water partition coefficient (Wildman–Crippen LogP) is 4.78. The smallest absolute Gasteiger partial charge is 0.334 e. The summed E-state index contributed by atoms with van der Waals surface area (Å²) in [6, 6.07) is 6.53. The van der Waals surface area contributed by atoms with E-state index in [4.69, 9.17) is 16.7 Å². The van der Waals surface area contributed by atoms with Crippen LogP contribution in [0.5, 0.6) is 0 Å². The van der Waals surface area contributed by atoms with E-state index in [9.17, 15) is 10.1 Å². The topological polar surface area (TPSA) is 105 Å². The van der Waals surface area contributed by atoms with E-state index in [1.54, 1.807) is 6.92 Å². The number of pyridine rings is 1. The molecule has 3 N–H and O–H groups in total. The second-order valence-electron chi connectivity index (χ2n) is 8.04. The molecule has 0 aliphatic carbocycles. The number of hydrogen-bond acceptors (Lipinski definition) is 6. The monoisotopic (exact) mass is 530 g/mol. The van der Waals surface area contributed by atoms with Crippen molar-refractivity contribution >= 4 is 40.5 Å². The van der Waals surface area contributed by atoms with Crippen molar-refractivity contribution in [2.24, 2.45) is 0 Å². The summed E-state index contributed by atoms with van der Waals surface area (Å²) < 4.78 is 46.4. The van der Waals surface area contributed by atoms with Crippen molar-refractivity contribution in [2.45, 2.75) is 6.92 Å². The number of amides is 2. The van der Waals surface area contributed by atoms with Crippen LogP contribution >= 0.6 is 11.6 Å². The van der Waals surface area contributed by atoms with Gasteiger partial charge in [0.2, 0.25) is 0 Å². The Morgan fingerprint density at radius 1 is 1.08 bits per heavy atom. The third kappa shape index (κ3) is 5.04. The molecule has 0 radical (unpaired) electrons. The zero-order valence-electron chi connectivity index (χ0n) is 19.7. The van der Waals surface area contributed by atoms with Gasteiger partial charge in [-0.05, 0) is 37.3 Å². The molecule has 2 amide bonds. The molecule has 2 aromatic carbocycles. The summed E-state index contributed by atoms with van der Waals surface area (Å²) in [5, 5.41) is 24.2. The molecule has 0 saturated carbocycles. The Balaban J connectivity index is 1.89. The molecule has 12 heteroatoms. The quantitative estimate of drug-likeness (QED) is 0.362. The summed E-state index contributed by atoms with van der Waals surface area (Å²) in [6.07, 6.45) is 1.28. The lowest BCUT2D eigenvalue weighted by Gasteiger charge is -2.28. The van der Waals surface area contributed by atoms with E-state index in [0.717, 1.165) is 28.0 Å². The normalized spacial score (nSPS) is 12.6. The van der Waals surface area contributed by atoms with E-state index >= 15 is 13.2 Å². The van der Waals surface area contributed by atoms with Gasteiger partial charge in [0.25, 0.3) is 0 Å². The van der Waals surface area contributed by atoms with Crippen molar-refractivity contribution < 1.29 is 23.1 Å². The number of nitriles is 1. The number of nitrogens with zero attached hydrogens (tertiary/aromatic N) is 4. The molecule has 3 aromatic rings. The van der Waals surface area contributed by atoms with E-state index in [1.165, 1.54) is 18.3 Å². The average molecular weight is 531 g/mol. The number of hydrogen-bond donors (Lipinski definition) is 3. The van der Waals surface area contributed by atoms with Gasteiger partial charge in [0.1, 0.15) is 17.3 Å². The van der Waals surface area contributed by atoms with Crippen LogP contribution in [-0.2, 0) is 0 Å². The Morgan fingerprint density at radius 3 is 2.46 bits per heavy atom. The van der Waals surface area contributed by atoms with Crippen LogP contribution in [0.1, 0.15) is 12.5 Å². The number of halogens is 4. The number of aliphatic hydroxyl groups excluding tert-OH is 1. The summed E-state index contributed by atoms with van der Waals surface area (Å²) in [6.45, 7) is 2.75. The number of carbonyl (C=O) groups excluding carboxylic acids is 1. The summed E-state index contributed by atoms with van der Waals surface area (Å²) in [5.74, 6) is -3.00. The number of aromatic nitrogens is 1. The third-order valence-electron chi connectivity index (χ3n) is 5.70. The highest BCUT2D eigenvalue weighted by Crippen LogP contribution is 2.47. The van der Waals surface area contributed by atoms with Gasteiger partial charge in [-0.25, -0.2) is 22.9 Å². The molecular formula is C25H22ClF3N6O2. The molecule has 1 aromatic heterocycles. The van der Waals surface area contributed by atoms with Crippen LogP contribution in [-0.4, -0.2) is 48.9 Å². The highest BCUT2D eigenvalue weighted by molar-refractivity contribution is 6.31. The second kappa shape index (κ2) is 11.0. The highest BCUT2D eigenvalue weighted by Gasteiger charge is 2.37. The Labute approximate surface area is 215 Å². The number of nitrogens with one attached hydrogen (secondary N) is 2. The van der Waals surface area contributed by atoms with E-state index in [-0.39, 0.29) is 52.1 Å². The van der Waals surface area contributed by atoms with Gasteiger partial charge in [-0.3, -0.25) is 9.80 Å². The SMILES string of the molecule is CCN1C(=O)N(c2c(F)cc(NCCNCCO)cc2F)c2cc(C#N)cc(F)c2-c2cc(Cl)cnc21. The number of carbonyl (C=O) groups is 1. The van der Waals surface area contributed by atoms with Crippen molar-refractivity contribution in [3.63, 3.8) is 0 Å². The number of anilines is 4. The maximum Gasteiger partial charge on any atom is 0.334 e. The number of fused-ring (bicyclic) bond motifs is 3. The van der Waals surface area contributed by atoms with Gasteiger partial charge in [-0.1, -0.05) is 11.6 Å². The van der Waals surface area contributed by atoms with Gasteiger partial charge in [-0.2, -0.15) is 5.26 Å². The summed E-state index contributed by atoms with van der Waals surface area (Å²) in [4.78, 5) is 19.8. The minimum Gasteiger partial charge on any atom is -0.395 e. The van der Waals surface area contributed by atoms with Crippen molar-refractivity contribution in [3.8, 4) is 17.2 Å². The lowest BCUT2D eigenvalue weighted by molar-refractivity contribution is 0.253. The van der Waals surface area contributed by atoms with Crippen LogP contribution in [0.3, 0.4) is 0 Å². The van der Waals surface area contributed by atoms with E-state index in [1.807, 2.05) is 6.07 Å². The first-order valence-electron chi connectivity index (χ1n) is 11.4. The van der Waals surface area contributed by atoms with Gasteiger partial charge in [0.15, 0.2) is 11.6 Å². The van der Waals surface area contributed by atoms with Crippen molar-refractivity contribution in [2.75, 3.05) is 47.9 Å². The fourth-order valence-corrected chi connectivity index (χ4v) is 4.28. The fourth-order valence-electron chi connectivity index (χ4n) is 4.13. The van der Waals surface area contributed by atoms with Crippen molar-refractivity contribution in [1.82, 2.24) is 10.3 Å². The molecule has 37 heavy (non-hydrogen) atoms. The van der Waals surface area contributed by atoms with Crippen LogP contribution in [0.25, 0.3) is 11.1 Å². The molecule has 1 aliphatic rings. The molecule has 0 spiro atoms. The molecule has 4 rings (SSSR count). The first-order valence-corrected chi connectivity index (χ1v) is 11.7. The second-order valence-corrected chi connectivity index (χ2v) is 8.48. The largest absolute Gasteiger partial charge is 0.395 e. The number of benzene rings is 2. The zero-order chi connectivity index (χ0) is 26.7. The predicted molar refractivity (Wildman–Crippen MR) is 135 cm³/mol. The summed E-state index contributed by atoms with van der Waals surface area (Å²) >= 11 is 6.13. The lowest BCUT2D eigenvalue weighted by atomic mass is 10.0. The van der Waals surface area contributed by atoms with E-state index in [2.05, 4.69) is 15.6 Å². The van der Waals surface area contributed by atoms with Gasteiger partial charge < -0.3 is 15.7 Å². The molecule has 0 unspecified atom stereocenters. The number of rotatable bonds is 8. The minimum absolute atomic E-state index is 0.0431. The van der Waals surface area contributed by atoms with Crippen LogP contribution in [0.4, 0.5) is 40.8 Å². The van der Waals surface area contributed by atoms with Crippen LogP contribution < -0.4 is 20.4 Å². The maximum absolute atomic E-state index is 15.5. The summed E-state index contributed by atoms with van der Waals surface area (Å²) in [5.41, 5.74) is -1.03. The maximum atomic E-state index is 15.5. The zero-order valence-corrected chi connectivity index (χ0v) is 20.4. The van der Waals surface area contributed by atoms with Crippen LogP contribution in [0.2, 0.25) is 5.02 Å². The van der Waals surface area contributed by atoms with Gasteiger partial charge in [0, 0.05) is 49.2 Å². The summed E-state index contributed by atoms with van der Waals surface area (Å²) in [7, 11) is 0. The molecule has 0 bridgehead atoms. The molecule has 0 saturated heterocycles. The third-order valence-corrected chi connectivity index (χ3v) is 5.90. The molecule has 192 valence electrons. The molecule has 0 fully saturated rings. The Kier molecular flexibility index (Phi) is 7.83. The van der Waals surface area contributed by atoms with E-state index < -0.39 is 29.2 Å².